The first-order valence-corrected chi connectivity index (χ1v) is 9.87. The minimum Gasteiger partial charge on any atom is -0.623 e. The molecule has 0 aliphatic heterocycles. The minimum absolute atomic E-state index is 0.152. The summed E-state index contributed by atoms with van der Waals surface area (Å²) in [6.07, 6.45) is 1.67. The Hall–Kier alpha value is -1.59. The third-order valence-corrected chi connectivity index (χ3v) is 4.37. The van der Waals surface area contributed by atoms with Crippen molar-refractivity contribution >= 4 is 6.21 Å². The van der Waals surface area contributed by atoms with Crippen LogP contribution in [0, 0.1) is 5.21 Å². The van der Waals surface area contributed by atoms with E-state index in [1.54, 1.807) is 13.3 Å². The quantitative estimate of drug-likeness (QED) is 0.163. The molecule has 0 fully saturated rings. The number of hydrogen-bond donors (Lipinski definition) is 0. The van der Waals surface area contributed by atoms with Crippen molar-refractivity contribution in [3.63, 3.8) is 0 Å². The van der Waals surface area contributed by atoms with E-state index < -0.39 is 5.54 Å². The van der Waals surface area contributed by atoms with Gasteiger partial charge in [0.1, 0.15) is 5.75 Å². The van der Waals surface area contributed by atoms with Gasteiger partial charge < -0.3 is 19.4 Å². The summed E-state index contributed by atoms with van der Waals surface area (Å²) >= 11 is 0. The van der Waals surface area contributed by atoms with E-state index in [0.29, 0.717) is 13.2 Å². The summed E-state index contributed by atoms with van der Waals surface area (Å²) in [5.41, 5.74) is 2.20. The smallest absolute Gasteiger partial charge is 0.189 e. The van der Waals surface area contributed by atoms with Gasteiger partial charge in [0.15, 0.2) is 18.5 Å². The van der Waals surface area contributed by atoms with Gasteiger partial charge in [0.25, 0.3) is 0 Å². The Balaban J connectivity index is 3.47. The molecule has 1 aromatic carbocycles. The number of nitrogens with zero attached hydrogens (tertiary/aromatic N) is 1. The number of methoxy groups -OCH3 is 1. The zero-order valence-corrected chi connectivity index (χ0v) is 19.4. The van der Waals surface area contributed by atoms with Crippen LogP contribution in [0.3, 0.4) is 0 Å². The largest absolute Gasteiger partial charge is 0.623 e. The Bertz CT molecular complexity index is 638. The fourth-order valence-electron chi connectivity index (χ4n) is 2.63. The number of hydrogen-bond acceptors (Lipinski definition) is 4. The van der Waals surface area contributed by atoms with Crippen molar-refractivity contribution in [3.05, 3.63) is 34.0 Å². The molecule has 0 bridgehead atoms. The molecule has 5 nitrogen and oxygen atoms in total. The molecule has 1 rings (SSSR count). The molecule has 0 aliphatic carbocycles. The lowest BCUT2D eigenvalue weighted by atomic mass is 9.78. The number of rotatable bonds is 7. The van der Waals surface area contributed by atoms with Crippen molar-refractivity contribution in [2.45, 2.75) is 78.7 Å². The molecule has 0 atom stereocenters. The predicted molar refractivity (Wildman–Crippen MR) is 116 cm³/mol. The van der Waals surface area contributed by atoms with Gasteiger partial charge in [-0.15, -0.1) is 0 Å². The summed E-state index contributed by atoms with van der Waals surface area (Å²) in [4.78, 5) is 0. The lowest BCUT2D eigenvalue weighted by Crippen LogP contribution is -2.29. The molecule has 0 saturated carbocycles. The maximum absolute atomic E-state index is 12.5. The zero-order valence-electron chi connectivity index (χ0n) is 19.4. The first-order valence-electron chi connectivity index (χ1n) is 9.87. The van der Waals surface area contributed by atoms with Crippen molar-refractivity contribution in [1.82, 2.24) is 0 Å². The number of ether oxygens (including phenoxy) is 3. The van der Waals surface area contributed by atoms with Crippen LogP contribution in [-0.2, 0) is 20.3 Å². The summed E-state index contributed by atoms with van der Waals surface area (Å²) in [5.74, 6) is 0.836. The molecule has 0 spiro atoms. The fraction of sp³-hybridized carbons (Fsp3) is 0.696. The van der Waals surface area contributed by atoms with Crippen molar-refractivity contribution < 1.29 is 18.9 Å². The highest BCUT2D eigenvalue weighted by Crippen LogP contribution is 2.40. The van der Waals surface area contributed by atoms with Gasteiger partial charge in [0.05, 0.1) is 13.2 Å². The van der Waals surface area contributed by atoms with Crippen molar-refractivity contribution in [1.29, 1.82) is 0 Å². The highest BCUT2D eigenvalue weighted by molar-refractivity contribution is 5.78. The second-order valence-electron chi connectivity index (χ2n) is 10.2. The number of hydroxylamine groups is 1. The topological polar surface area (TPSA) is 53.8 Å². The maximum atomic E-state index is 12.5. The molecule has 1 aromatic rings. The summed E-state index contributed by atoms with van der Waals surface area (Å²) in [6, 6.07) is 4.10. The second kappa shape index (κ2) is 9.27. The molecular weight excluding hydrogens is 354 g/mol. The van der Waals surface area contributed by atoms with Crippen molar-refractivity contribution in [2.75, 3.05) is 27.1 Å². The van der Waals surface area contributed by atoms with E-state index >= 15 is 0 Å². The summed E-state index contributed by atoms with van der Waals surface area (Å²) in [7, 11) is 1.64. The van der Waals surface area contributed by atoms with E-state index in [0.717, 1.165) is 27.2 Å². The Morgan fingerprint density at radius 3 is 1.79 bits per heavy atom. The highest BCUT2D eigenvalue weighted by atomic mass is 16.7. The second-order valence-corrected chi connectivity index (χ2v) is 10.2. The fourth-order valence-corrected chi connectivity index (χ4v) is 2.63. The van der Waals surface area contributed by atoms with E-state index in [-0.39, 0.29) is 17.6 Å². The molecule has 0 unspecified atom stereocenters. The van der Waals surface area contributed by atoms with Crippen LogP contribution in [0.25, 0.3) is 0 Å². The van der Waals surface area contributed by atoms with Crippen LogP contribution in [0.4, 0.5) is 0 Å². The lowest BCUT2D eigenvalue weighted by molar-refractivity contribution is -0.530. The number of benzene rings is 1. The van der Waals surface area contributed by atoms with E-state index in [4.69, 9.17) is 14.2 Å². The van der Waals surface area contributed by atoms with Crippen LogP contribution in [0.5, 0.6) is 5.75 Å². The van der Waals surface area contributed by atoms with E-state index in [1.807, 2.05) is 20.8 Å². The normalized spacial score (nSPS) is 13.7. The SMILES string of the molecule is COCCOCOc1c(C(C)(C)C)cc(/C=[N+](/[O-])C(C)(C)C)cc1C(C)(C)C. The zero-order chi connectivity index (χ0) is 21.8. The molecule has 0 amide bonds. The molecule has 0 heterocycles. The van der Waals surface area contributed by atoms with Crippen LogP contribution in [-0.4, -0.2) is 43.6 Å². The Labute approximate surface area is 171 Å². The standard InChI is InChI=1S/C23H39NO4/c1-21(2,3)18-13-17(15-24(25)23(7,8)9)14-19(22(4,5)6)20(18)28-16-27-12-11-26-10/h13-15H,11-12,16H2,1-10H3/b24-15+. The van der Waals surface area contributed by atoms with Gasteiger partial charge in [-0.3, -0.25) is 0 Å². The highest BCUT2D eigenvalue weighted by Gasteiger charge is 2.29. The molecule has 160 valence electrons. The Morgan fingerprint density at radius 1 is 0.893 bits per heavy atom. The van der Waals surface area contributed by atoms with Gasteiger partial charge in [-0.1, -0.05) is 41.5 Å². The first-order chi connectivity index (χ1) is 12.7. The predicted octanol–water partition coefficient (Wildman–Crippen LogP) is 5.01. The Morgan fingerprint density at radius 2 is 1.39 bits per heavy atom. The van der Waals surface area contributed by atoms with E-state index in [2.05, 4.69) is 53.7 Å². The summed E-state index contributed by atoms with van der Waals surface area (Å²) in [5, 5.41) is 12.5. The van der Waals surface area contributed by atoms with Crippen LogP contribution in [0.2, 0.25) is 0 Å². The van der Waals surface area contributed by atoms with Gasteiger partial charge in [0, 0.05) is 44.6 Å². The van der Waals surface area contributed by atoms with Gasteiger partial charge >= 0.3 is 0 Å². The minimum atomic E-state index is -0.492. The Kier molecular flexibility index (Phi) is 8.10. The molecule has 5 heteroatoms. The molecule has 0 aromatic heterocycles. The van der Waals surface area contributed by atoms with E-state index in [1.165, 1.54) is 0 Å². The van der Waals surface area contributed by atoms with Crippen LogP contribution in [0.15, 0.2) is 12.1 Å². The molecule has 0 aliphatic rings. The first kappa shape index (κ1) is 24.4. The van der Waals surface area contributed by atoms with Gasteiger partial charge in [-0.25, -0.2) is 4.74 Å². The maximum Gasteiger partial charge on any atom is 0.189 e. The lowest BCUT2D eigenvalue weighted by Gasteiger charge is -2.30. The average molecular weight is 394 g/mol. The van der Waals surface area contributed by atoms with Crippen LogP contribution in [0.1, 0.15) is 79.0 Å². The third kappa shape index (κ3) is 7.10. The molecule has 28 heavy (non-hydrogen) atoms. The van der Waals surface area contributed by atoms with Gasteiger partial charge in [-0.05, 0) is 23.0 Å². The molecule has 0 saturated heterocycles. The monoisotopic (exact) mass is 393 g/mol. The van der Waals surface area contributed by atoms with Gasteiger partial charge in [-0.2, -0.15) is 0 Å². The van der Waals surface area contributed by atoms with E-state index in [9.17, 15) is 5.21 Å². The van der Waals surface area contributed by atoms with Crippen LogP contribution >= 0.6 is 0 Å². The average Bonchev–Trinajstić information content (AvgIpc) is 2.52. The molecular formula is C23H39NO4. The van der Waals surface area contributed by atoms with Crippen molar-refractivity contribution in [2.24, 2.45) is 0 Å². The van der Waals surface area contributed by atoms with Crippen molar-refractivity contribution in [3.8, 4) is 5.75 Å². The van der Waals surface area contributed by atoms with Gasteiger partial charge in [0.2, 0.25) is 0 Å². The third-order valence-electron chi connectivity index (χ3n) is 4.37. The summed E-state index contributed by atoms with van der Waals surface area (Å²) in [6.45, 7) is 19.8. The molecule has 0 radical (unpaired) electrons. The summed E-state index contributed by atoms with van der Waals surface area (Å²) < 4.78 is 17.7. The van der Waals surface area contributed by atoms with Crippen LogP contribution < -0.4 is 4.74 Å². The molecule has 0 N–H and O–H groups in total.